The molecule has 0 unspecified atom stereocenters. The van der Waals surface area contributed by atoms with Crippen molar-refractivity contribution in [3.8, 4) is 11.1 Å². The van der Waals surface area contributed by atoms with E-state index in [1.54, 1.807) is 26.0 Å². The predicted molar refractivity (Wildman–Crippen MR) is 134 cm³/mol. The first-order valence-corrected chi connectivity index (χ1v) is 11.3. The van der Waals surface area contributed by atoms with Crippen LogP contribution in [0.1, 0.15) is 39.9 Å². The molecule has 7 nitrogen and oxygen atoms in total. The molecule has 2 amide bonds. The molecule has 4 rings (SSSR count). The molecule has 0 heterocycles. The number of aryl methyl sites for hydroxylation is 1. The summed E-state index contributed by atoms with van der Waals surface area (Å²) < 4.78 is 5.50. The Morgan fingerprint density at radius 2 is 1.60 bits per heavy atom. The molecule has 0 saturated carbocycles. The highest BCUT2D eigenvalue weighted by Crippen LogP contribution is 2.44. The number of carboxylic acid groups (broad SMARTS) is 1. The number of carbonyl (C=O) groups is 3. The van der Waals surface area contributed by atoms with Crippen LogP contribution in [0.4, 0.5) is 10.5 Å². The second-order valence-corrected chi connectivity index (χ2v) is 8.38. The standard InChI is InChI=1S/C28H26N2O5/c1-17(26(31)30-25-12-11-19(27(32)33)15-18(25)2)13-14-29-28(34)35-16-24-22-9-5-3-7-20(22)21-8-4-6-10-23(21)24/h3-13,15,24H,14,16H2,1-2H3,(H,29,34)(H,30,31)(H,32,33)/b17-13+. The third-order valence-corrected chi connectivity index (χ3v) is 6.08. The van der Waals surface area contributed by atoms with E-state index in [4.69, 9.17) is 9.84 Å². The predicted octanol–water partition coefficient (Wildman–Crippen LogP) is 5.12. The molecule has 1 aliphatic rings. The van der Waals surface area contributed by atoms with E-state index in [1.165, 1.54) is 12.1 Å². The van der Waals surface area contributed by atoms with Gasteiger partial charge in [0.15, 0.2) is 0 Å². The van der Waals surface area contributed by atoms with Crippen LogP contribution in [-0.2, 0) is 9.53 Å². The number of alkyl carbamates (subject to hydrolysis) is 1. The van der Waals surface area contributed by atoms with E-state index >= 15 is 0 Å². The number of hydrogen-bond donors (Lipinski definition) is 3. The number of carbonyl (C=O) groups excluding carboxylic acids is 2. The third-order valence-electron chi connectivity index (χ3n) is 6.08. The zero-order valence-corrected chi connectivity index (χ0v) is 19.5. The van der Waals surface area contributed by atoms with Crippen molar-refractivity contribution in [3.63, 3.8) is 0 Å². The first kappa shape index (κ1) is 23.8. The molecule has 0 saturated heterocycles. The Morgan fingerprint density at radius 3 is 2.20 bits per heavy atom. The number of fused-ring (bicyclic) bond motifs is 3. The first-order valence-electron chi connectivity index (χ1n) is 11.3. The van der Waals surface area contributed by atoms with Crippen LogP contribution in [0.2, 0.25) is 0 Å². The van der Waals surface area contributed by atoms with Crippen molar-refractivity contribution in [1.29, 1.82) is 0 Å². The van der Waals surface area contributed by atoms with Gasteiger partial charge in [-0.3, -0.25) is 4.79 Å². The van der Waals surface area contributed by atoms with Crippen molar-refractivity contribution in [2.45, 2.75) is 19.8 Å². The van der Waals surface area contributed by atoms with Crippen LogP contribution in [0.3, 0.4) is 0 Å². The Kier molecular flexibility index (Phi) is 6.96. The molecule has 0 fully saturated rings. The van der Waals surface area contributed by atoms with Gasteiger partial charge in [-0.15, -0.1) is 0 Å². The maximum Gasteiger partial charge on any atom is 0.407 e. The van der Waals surface area contributed by atoms with Gasteiger partial charge in [-0.2, -0.15) is 0 Å². The van der Waals surface area contributed by atoms with Crippen LogP contribution < -0.4 is 10.6 Å². The molecule has 3 aromatic rings. The SMILES string of the molecule is C/C(=C\CNC(=O)OCC1c2ccccc2-c2ccccc21)C(=O)Nc1ccc(C(=O)O)cc1C. The molecule has 0 spiro atoms. The van der Waals surface area contributed by atoms with Crippen LogP contribution in [-0.4, -0.2) is 36.2 Å². The van der Waals surface area contributed by atoms with E-state index in [0.717, 1.165) is 22.3 Å². The summed E-state index contributed by atoms with van der Waals surface area (Å²) in [6.07, 6.45) is 1.04. The number of hydrogen-bond acceptors (Lipinski definition) is 4. The summed E-state index contributed by atoms with van der Waals surface area (Å²) in [5, 5.41) is 14.5. The van der Waals surface area contributed by atoms with Crippen molar-refractivity contribution >= 4 is 23.7 Å². The molecular weight excluding hydrogens is 444 g/mol. The Labute approximate surface area is 203 Å². The average molecular weight is 471 g/mol. The lowest BCUT2D eigenvalue weighted by Crippen LogP contribution is -2.26. The summed E-state index contributed by atoms with van der Waals surface area (Å²) in [5.41, 5.74) is 6.33. The highest BCUT2D eigenvalue weighted by molar-refractivity contribution is 6.04. The van der Waals surface area contributed by atoms with E-state index in [9.17, 15) is 14.4 Å². The number of aromatic carboxylic acids is 1. The van der Waals surface area contributed by atoms with E-state index in [0.29, 0.717) is 16.8 Å². The quantitative estimate of drug-likeness (QED) is 0.416. The second-order valence-electron chi connectivity index (χ2n) is 8.38. The van der Waals surface area contributed by atoms with Crippen molar-refractivity contribution in [2.24, 2.45) is 0 Å². The molecule has 3 aromatic carbocycles. The Bertz CT molecular complexity index is 1280. The molecule has 0 aliphatic heterocycles. The molecule has 0 aromatic heterocycles. The number of rotatable bonds is 7. The van der Waals surface area contributed by atoms with Gasteiger partial charge < -0.3 is 20.5 Å². The number of amides is 2. The van der Waals surface area contributed by atoms with Crippen LogP contribution in [0.25, 0.3) is 11.1 Å². The number of nitrogens with one attached hydrogen (secondary N) is 2. The maximum absolute atomic E-state index is 12.5. The topological polar surface area (TPSA) is 105 Å². The minimum atomic E-state index is -1.03. The lowest BCUT2D eigenvalue weighted by molar-refractivity contribution is -0.112. The van der Waals surface area contributed by atoms with Gasteiger partial charge in [0.2, 0.25) is 0 Å². The van der Waals surface area contributed by atoms with E-state index in [1.807, 2.05) is 24.3 Å². The summed E-state index contributed by atoms with van der Waals surface area (Å²) in [6.45, 7) is 3.71. The summed E-state index contributed by atoms with van der Waals surface area (Å²) in [6, 6.07) is 20.7. The fraction of sp³-hybridized carbons (Fsp3) is 0.179. The van der Waals surface area contributed by atoms with Crippen LogP contribution in [0.15, 0.2) is 78.4 Å². The van der Waals surface area contributed by atoms with E-state index < -0.39 is 12.1 Å². The van der Waals surface area contributed by atoms with Crippen LogP contribution in [0, 0.1) is 6.92 Å². The summed E-state index contributed by atoms with van der Waals surface area (Å²) in [4.78, 5) is 35.8. The lowest BCUT2D eigenvalue weighted by Gasteiger charge is -2.14. The van der Waals surface area contributed by atoms with Gasteiger partial charge >= 0.3 is 12.1 Å². The largest absolute Gasteiger partial charge is 0.478 e. The van der Waals surface area contributed by atoms with Gasteiger partial charge in [-0.05, 0) is 59.9 Å². The number of ether oxygens (including phenoxy) is 1. The molecule has 1 aliphatic carbocycles. The van der Waals surface area contributed by atoms with Crippen molar-refractivity contribution in [2.75, 3.05) is 18.5 Å². The third kappa shape index (κ3) is 5.24. The highest BCUT2D eigenvalue weighted by Gasteiger charge is 2.28. The number of anilines is 1. The summed E-state index contributed by atoms with van der Waals surface area (Å²) in [5.74, 6) is -1.39. The average Bonchev–Trinajstić information content (AvgIpc) is 3.17. The molecular formula is C28H26N2O5. The first-order chi connectivity index (χ1) is 16.8. The highest BCUT2D eigenvalue weighted by atomic mass is 16.5. The zero-order valence-electron chi connectivity index (χ0n) is 19.5. The molecule has 3 N–H and O–H groups in total. The Morgan fingerprint density at radius 1 is 0.971 bits per heavy atom. The molecule has 0 bridgehead atoms. The monoisotopic (exact) mass is 470 g/mol. The van der Waals surface area contributed by atoms with Crippen molar-refractivity contribution < 1.29 is 24.2 Å². The van der Waals surface area contributed by atoms with Gasteiger partial charge in [0.25, 0.3) is 5.91 Å². The molecule has 35 heavy (non-hydrogen) atoms. The van der Waals surface area contributed by atoms with E-state index in [2.05, 4.69) is 34.9 Å². The smallest absolute Gasteiger partial charge is 0.407 e. The minimum absolute atomic E-state index is 0.0213. The second kappa shape index (κ2) is 10.3. The van der Waals surface area contributed by atoms with Crippen LogP contribution >= 0.6 is 0 Å². The van der Waals surface area contributed by atoms with Gasteiger partial charge in [-0.1, -0.05) is 54.6 Å². The molecule has 7 heteroatoms. The molecule has 0 radical (unpaired) electrons. The van der Waals surface area contributed by atoms with Crippen molar-refractivity contribution in [1.82, 2.24) is 5.32 Å². The Hall–Kier alpha value is -4.39. The Balaban J connectivity index is 1.29. The van der Waals surface area contributed by atoms with Gasteiger partial charge in [0.05, 0.1) is 5.56 Å². The van der Waals surface area contributed by atoms with Gasteiger partial charge in [-0.25, -0.2) is 9.59 Å². The van der Waals surface area contributed by atoms with Crippen LogP contribution in [0.5, 0.6) is 0 Å². The fourth-order valence-electron chi connectivity index (χ4n) is 4.19. The zero-order chi connectivity index (χ0) is 24.9. The van der Waals surface area contributed by atoms with Gasteiger partial charge in [0.1, 0.15) is 6.61 Å². The summed E-state index contributed by atoms with van der Waals surface area (Å²) in [7, 11) is 0. The van der Waals surface area contributed by atoms with Crippen molar-refractivity contribution in [3.05, 3.63) is 101 Å². The summed E-state index contributed by atoms with van der Waals surface area (Å²) >= 11 is 0. The maximum atomic E-state index is 12.5. The lowest BCUT2D eigenvalue weighted by atomic mass is 9.98. The van der Waals surface area contributed by atoms with E-state index in [-0.39, 0.29) is 30.5 Å². The minimum Gasteiger partial charge on any atom is -0.478 e. The normalized spacial score (nSPS) is 12.5. The molecule has 0 atom stereocenters. The number of carboxylic acids is 1. The molecule has 178 valence electrons. The number of benzene rings is 3. The van der Waals surface area contributed by atoms with Gasteiger partial charge in [0, 0.05) is 23.7 Å². The fourth-order valence-corrected chi connectivity index (χ4v) is 4.19.